The average Bonchev–Trinajstić information content (AvgIpc) is 2.40. The maximum absolute atomic E-state index is 5.29. The molecule has 17 heavy (non-hydrogen) atoms. The van der Waals surface area contributed by atoms with E-state index in [0.717, 1.165) is 17.9 Å². The molecule has 102 valence electrons. The van der Waals surface area contributed by atoms with Gasteiger partial charge in [0.25, 0.3) is 0 Å². The Bertz CT molecular complexity index is 240. The minimum absolute atomic E-state index is 0. The lowest BCUT2D eigenvalue weighted by Gasteiger charge is -2.03. The summed E-state index contributed by atoms with van der Waals surface area (Å²) >= 11 is 0. The number of aromatic nitrogens is 1. The smallest absolute Gasteiger partial charge is 0.137 e. The van der Waals surface area contributed by atoms with Gasteiger partial charge in [-0.15, -0.1) is 0 Å². The molecule has 0 saturated heterocycles. The van der Waals surface area contributed by atoms with Gasteiger partial charge in [0.05, 0.1) is 6.20 Å². The highest BCUT2D eigenvalue weighted by atomic mass is 16.5. The quantitative estimate of drug-likeness (QED) is 0.876. The number of hydrogen-bond donors (Lipinski definition) is 1. The van der Waals surface area contributed by atoms with Crippen LogP contribution in [0, 0.1) is 0 Å². The molecule has 0 unspecified atom stereocenters. The van der Waals surface area contributed by atoms with E-state index in [0.29, 0.717) is 13.2 Å². The second kappa shape index (κ2) is 14.9. The van der Waals surface area contributed by atoms with Crippen molar-refractivity contribution in [3.05, 3.63) is 24.0 Å². The van der Waals surface area contributed by atoms with Gasteiger partial charge in [0.1, 0.15) is 12.4 Å². The van der Waals surface area contributed by atoms with Gasteiger partial charge in [-0.05, 0) is 18.6 Å². The van der Waals surface area contributed by atoms with Crippen LogP contribution in [0.2, 0.25) is 0 Å². The van der Waals surface area contributed by atoms with Gasteiger partial charge in [-0.2, -0.15) is 0 Å². The molecule has 0 spiro atoms. The summed E-state index contributed by atoms with van der Waals surface area (Å²) in [7, 11) is 0. The minimum atomic E-state index is 0. The number of ether oxygens (including phenoxy) is 1. The maximum atomic E-state index is 5.29. The molecule has 0 aliphatic carbocycles. The van der Waals surface area contributed by atoms with Crippen LogP contribution in [0.1, 0.15) is 48.2 Å². The molecule has 0 amide bonds. The zero-order valence-electron chi connectivity index (χ0n) is 12.0. The predicted octanol–water partition coefficient (Wildman–Crippen LogP) is 3.67. The number of nitrogens with zero attached hydrogens (tertiary/aromatic N) is 1. The Labute approximate surface area is 108 Å². The van der Waals surface area contributed by atoms with Crippen molar-refractivity contribution in [3.8, 4) is 5.75 Å². The lowest BCUT2D eigenvalue weighted by molar-refractivity contribution is 0.327. The fourth-order valence-corrected chi connectivity index (χ4v) is 0.882. The highest BCUT2D eigenvalue weighted by Gasteiger charge is 1.93. The zero-order valence-corrected chi connectivity index (χ0v) is 12.0. The van der Waals surface area contributed by atoms with E-state index in [9.17, 15) is 0 Å². The van der Waals surface area contributed by atoms with Crippen LogP contribution in [-0.2, 0) is 6.42 Å². The van der Waals surface area contributed by atoms with Gasteiger partial charge in [0, 0.05) is 13.7 Å². The van der Waals surface area contributed by atoms with Crippen molar-refractivity contribution >= 4 is 0 Å². The number of pyridine rings is 1. The molecule has 1 rings (SSSR count). The summed E-state index contributed by atoms with van der Waals surface area (Å²) in [6, 6.07) is 3.88. The molecule has 1 aromatic rings. The molecule has 2 N–H and O–H groups in total. The van der Waals surface area contributed by atoms with Gasteiger partial charge in [0.2, 0.25) is 0 Å². The van der Waals surface area contributed by atoms with E-state index in [2.05, 4.69) is 25.8 Å². The molecule has 0 aromatic carbocycles. The van der Waals surface area contributed by atoms with Crippen molar-refractivity contribution in [2.75, 3.05) is 13.2 Å². The van der Waals surface area contributed by atoms with E-state index in [1.54, 1.807) is 6.20 Å². The molecular weight excluding hydrogens is 212 g/mol. The predicted molar refractivity (Wildman–Crippen MR) is 77.6 cm³/mol. The zero-order chi connectivity index (χ0) is 13.5. The fourth-order valence-electron chi connectivity index (χ4n) is 0.882. The lowest BCUT2D eigenvalue weighted by atomic mass is 10.3. The van der Waals surface area contributed by atoms with Crippen molar-refractivity contribution in [3.63, 3.8) is 0 Å². The standard InChI is InChI=1S/C9H14N2O.C3H8.C2H6.H2/c1-2-8-3-4-9(7-11-8)12-6-5-10;1-3-2;1-2;/h3-4,7H,2,5-6,10H2,1H3;3H2,1-2H3;1-2H3;1H. The van der Waals surface area contributed by atoms with Crippen LogP contribution in [0.15, 0.2) is 18.3 Å². The van der Waals surface area contributed by atoms with E-state index < -0.39 is 0 Å². The summed E-state index contributed by atoms with van der Waals surface area (Å²) in [6.45, 7) is 11.4. The summed E-state index contributed by atoms with van der Waals surface area (Å²) < 4.78 is 5.27. The Morgan fingerprint density at radius 3 is 2.18 bits per heavy atom. The first-order valence-corrected chi connectivity index (χ1v) is 6.56. The van der Waals surface area contributed by atoms with Crippen molar-refractivity contribution in [1.82, 2.24) is 4.98 Å². The van der Waals surface area contributed by atoms with Crippen molar-refractivity contribution < 1.29 is 6.16 Å². The number of rotatable bonds is 4. The Balaban J connectivity index is -0.000000329. The van der Waals surface area contributed by atoms with Gasteiger partial charge in [0.15, 0.2) is 0 Å². The van der Waals surface area contributed by atoms with E-state index in [-0.39, 0.29) is 1.43 Å². The lowest BCUT2D eigenvalue weighted by Crippen LogP contribution is -2.10. The highest BCUT2D eigenvalue weighted by molar-refractivity contribution is 5.19. The van der Waals surface area contributed by atoms with Crippen LogP contribution in [0.25, 0.3) is 0 Å². The first-order chi connectivity index (χ1) is 8.28. The second-order valence-corrected chi connectivity index (χ2v) is 3.18. The molecule has 1 heterocycles. The third-order valence-electron chi connectivity index (χ3n) is 1.55. The molecule has 0 atom stereocenters. The molecule has 1 aromatic heterocycles. The van der Waals surface area contributed by atoms with Crippen molar-refractivity contribution in [2.24, 2.45) is 5.73 Å². The van der Waals surface area contributed by atoms with Gasteiger partial charge in [-0.1, -0.05) is 41.0 Å². The Kier molecular flexibility index (Phi) is 16.0. The van der Waals surface area contributed by atoms with Crippen molar-refractivity contribution in [2.45, 2.75) is 47.5 Å². The third-order valence-corrected chi connectivity index (χ3v) is 1.55. The molecule has 0 saturated carbocycles. The maximum Gasteiger partial charge on any atom is 0.137 e. The Hall–Kier alpha value is -1.09. The molecule has 0 radical (unpaired) electrons. The number of nitrogens with two attached hydrogens (primary N) is 1. The summed E-state index contributed by atoms with van der Waals surface area (Å²) in [5, 5.41) is 0. The van der Waals surface area contributed by atoms with E-state index in [4.69, 9.17) is 10.5 Å². The number of aryl methyl sites for hydroxylation is 1. The molecule has 0 bridgehead atoms. The molecule has 3 heteroatoms. The Morgan fingerprint density at radius 1 is 1.24 bits per heavy atom. The van der Waals surface area contributed by atoms with Gasteiger partial charge < -0.3 is 10.5 Å². The van der Waals surface area contributed by atoms with E-state index >= 15 is 0 Å². The van der Waals surface area contributed by atoms with Crippen molar-refractivity contribution in [1.29, 1.82) is 0 Å². The first-order valence-electron chi connectivity index (χ1n) is 6.56. The summed E-state index contributed by atoms with van der Waals surface area (Å²) in [6.07, 6.45) is 3.94. The molecular formula is C14H30N2O. The summed E-state index contributed by atoms with van der Waals surface area (Å²) in [4.78, 5) is 4.18. The highest BCUT2D eigenvalue weighted by Crippen LogP contribution is 2.08. The first kappa shape index (κ1) is 18.3. The summed E-state index contributed by atoms with van der Waals surface area (Å²) in [5.41, 5.74) is 6.37. The molecule has 0 aliphatic heterocycles. The van der Waals surface area contributed by atoms with Crippen LogP contribution >= 0.6 is 0 Å². The van der Waals surface area contributed by atoms with Crippen LogP contribution in [0.3, 0.4) is 0 Å². The van der Waals surface area contributed by atoms with Crippen LogP contribution in [0.5, 0.6) is 5.75 Å². The SMILES string of the molecule is CC.CCC.CCc1ccc(OCCN)cn1.[HH]. The Morgan fingerprint density at radius 2 is 1.82 bits per heavy atom. The molecule has 0 aliphatic rings. The fraction of sp³-hybridized carbons (Fsp3) is 0.643. The summed E-state index contributed by atoms with van der Waals surface area (Å²) in [5.74, 6) is 0.789. The van der Waals surface area contributed by atoms with Gasteiger partial charge in [-0.25, -0.2) is 0 Å². The molecule has 0 fully saturated rings. The minimum Gasteiger partial charge on any atom is -0.491 e. The van der Waals surface area contributed by atoms with Crippen LogP contribution < -0.4 is 10.5 Å². The average molecular weight is 242 g/mol. The monoisotopic (exact) mass is 242 g/mol. The largest absolute Gasteiger partial charge is 0.491 e. The van der Waals surface area contributed by atoms with E-state index in [1.165, 1.54) is 6.42 Å². The van der Waals surface area contributed by atoms with Crippen LogP contribution in [-0.4, -0.2) is 18.1 Å². The normalized spacial score (nSPS) is 8.35. The van der Waals surface area contributed by atoms with Gasteiger partial charge in [-0.3, -0.25) is 4.98 Å². The molecule has 3 nitrogen and oxygen atoms in total. The third kappa shape index (κ3) is 11.2. The van der Waals surface area contributed by atoms with Crippen LogP contribution in [0.4, 0.5) is 0 Å². The number of hydrogen-bond acceptors (Lipinski definition) is 3. The topological polar surface area (TPSA) is 48.1 Å². The van der Waals surface area contributed by atoms with Gasteiger partial charge >= 0.3 is 0 Å². The second-order valence-electron chi connectivity index (χ2n) is 3.18. The van der Waals surface area contributed by atoms with E-state index in [1.807, 2.05) is 26.0 Å².